The first kappa shape index (κ1) is 32.6. The van der Waals surface area contributed by atoms with Crippen LogP contribution in [0.3, 0.4) is 0 Å². The Morgan fingerprint density at radius 2 is 0.939 bits per heavy atom. The van der Waals surface area contributed by atoms with Crippen molar-refractivity contribution in [2.75, 3.05) is 71.8 Å². The molecule has 0 N–H and O–H groups in total. The summed E-state index contributed by atoms with van der Waals surface area (Å²) in [7, 11) is 0. The maximum absolute atomic E-state index is 11.9. The Balaban J connectivity index is 3.05. The zero-order chi connectivity index (χ0) is 24.5. The van der Waals surface area contributed by atoms with Crippen molar-refractivity contribution in [3.05, 3.63) is 0 Å². The van der Waals surface area contributed by atoms with Gasteiger partial charge in [-0.2, -0.15) is 13.2 Å². The monoisotopic (exact) mass is 504 g/mol. The Morgan fingerprint density at radius 3 is 1.36 bits per heavy atom. The molecule has 0 saturated heterocycles. The lowest BCUT2D eigenvalue weighted by Gasteiger charge is -2.08. The second-order valence-electron chi connectivity index (χ2n) is 7.60. The Labute approximate surface area is 201 Å². The second kappa shape index (κ2) is 24.7. The Bertz CT molecular complexity index is 427. The minimum absolute atomic E-state index is 0.141. The Hall–Kier alpha value is -0.390. The molecule has 0 aromatic carbocycles. The quantitative estimate of drug-likeness (QED) is 0.154. The summed E-state index contributed by atoms with van der Waals surface area (Å²) in [5, 5.41) is 0.214. The summed E-state index contributed by atoms with van der Waals surface area (Å²) in [6.45, 7) is 5.27. The van der Waals surface area contributed by atoms with Gasteiger partial charge in [-0.25, -0.2) is 0 Å². The van der Waals surface area contributed by atoms with Crippen LogP contribution in [0.15, 0.2) is 0 Å². The van der Waals surface area contributed by atoms with Crippen LogP contribution < -0.4 is 0 Å². The molecule has 198 valence electrons. The molecular formula is C23H43F3O6S. The molecule has 0 atom stereocenters. The van der Waals surface area contributed by atoms with E-state index in [1.54, 1.807) is 6.92 Å². The van der Waals surface area contributed by atoms with Crippen LogP contribution in [0.1, 0.15) is 64.7 Å². The SMILES string of the molecule is CC(=O)SCCCCCCCCCCOCCOCCOCCOCCOCCC(F)(F)F. The molecule has 33 heavy (non-hydrogen) atoms. The van der Waals surface area contributed by atoms with Gasteiger partial charge in [0, 0.05) is 19.3 Å². The molecule has 0 aliphatic rings. The van der Waals surface area contributed by atoms with Crippen molar-refractivity contribution in [2.45, 2.75) is 70.9 Å². The van der Waals surface area contributed by atoms with E-state index in [9.17, 15) is 18.0 Å². The molecule has 6 nitrogen and oxygen atoms in total. The molecule has 10 heteroatoms. The number of thioether (sulfide) groups is 1. The first-order chi connectivity index (χ1) is 15.9. The van der Waals surface area contributed by atoms with Gasteiger partial charge in [-0.3, -0.25) is 4.79 Å². The van der Waals surface area contributed by atoms with Crippen LogP contribution in [0.4, 0.5) is 13.2 Å². The molecule has 0 aromatic heterocycles. The zero-order valence-electron chi connectivity index (χ0n) is 20.1. The van der Waals surface area contributed by atoms with Gasteiger partial charge in [0.15, 0.2) is 5.12 Å². The molecule has 0 rings (SSSR count). The lowest BCUT2D eigenvalue weighted by molar-refractivity contribution is -0.146. The van der Waals surface area contributed by atoms with Crippen molar-refractivity contribution in [1.29, 1.82) is 0 Å². The fourth-order valence-electron chi connectivity index (χ4n) is 2.75. The van der Waals surface area contributed by atoms with Crippen molar-refractivity contribution < 1.29 is 41.7 Å². The van der Waals surface area contributed by atoms with Crippen LogP contribution >= 0.6 is 11.8 Å². The van der Waals surface area contributed by atoms with Gasteiger partial charge >= 0.3 is 6.18 Å². The van der Waals surface area contributed by atoms with Gasteiger partial charge in [0.1, 0.15) is 0 Å². The maximum atomic E-state index is 11.9. The average Bonchev–Trinajstić information content (AvgIpc) is 2.75. The number of hydrogen-bond acceptors (Lipinski definition) is 7. The minimum Gasteiger partial charge on any atom is -0.379 e. The lowest BCUT2D eigenvalue weighted by atomic mass is 10.1. The van der Waals surface area contributed by atoms with Crippen molar-refractivity contribution in [2.24, 2.45) is 0 Å². The summed E-state index contributed by atoms with van der Waals surface area (Å²) in [6.07, 6.45) is 4.54. The molecule has 0 spiro atoms. The van der Waals surface area contributed by atoms with E-state index in [1.165, 1.54) is 50.3 Å². The molecule has 0 radical (unpaired) electrons. The van der Waals surface area contributed by atoms with Crippen LogP contribution in [-0.2, 0) is 28.5 Å². The summed E-state index contributed by atoms with van der Waals surface area (Å²) in [5.74, 6) is 0.954. The van der Waals surface area contributed by atoms with E-state index in [0.29, 0.717) is 39.6 Å². The maximum Gasteiger partial charge on any atom is 0.391 e. The molecule has 0 amide bonds. The zero-order valence-corrected chi connectivity index (χ0v) is 21.0. The van der Waals surface area contributed by atoms with E-state index in [-0.39, 0.29) is 24.9 Å². The van der Waals surface area contributed by atoms with Gasteiger partial charge in [0.2, 0.25) is 0 Å². The Kier molecular flexibility index (Phi) is 24.4. The molecule has 0 bridgehead atoms. The summed E-state index contributed by atoms with van der Waals surface area (Å²) >= 11 is 1.43. The number of carbonyl (C=O) groups excluding carboxylic acids is 1. The van der Waals surface area contributed by atoms with E-state index in [1.807, 2.05) is 0 Å². The molecule has 0 aromatic rings. The third-order valence-corrected chi connectivity index (χ3v) is 5.41. The summed E-state index contributed by atoms with van der Waals surface area (Å²) in [5.41, 5.74) is 0. The summed E-state index contributed by atoms with van der Waals surface area (Å²) < 4.78 is 62.0. The van der Waals surface area contributed by atoms with Gasteiger partial charge in [0.05, 0.1) is 65.9 Å². The van der Waals surface area contributed by atoms with Crippen molar-refractivity contribution in [3.63, 3.8) is 0 Å². The predicted molar refractivity (Wildman–Crippen MR) is 125 cm³/mol. The lowest BCUT2D eigenvalue weighted by Crippen LogP contribution is -2.15. The van der Waals surface area contributed by atoms with Gasteiger partial charge in [0.25, 0.3) is 0 Å². The minimum atomic E-state index is -4.18. The first-order valence-corrected chi connectivity index (χ1v) is 13.0. The number of unbranched alkanes of at least 4 members (excludes halogenated alkanes) is 7. The van der Waals surface area contributed by atoms with E-state index < -0.39 is 12.6 Å². The van der Waals surface area contributed by atoms with Crippen molar-refractivity contribution in [1.82, 2.24) is 0 Å². The fraction of sp³-hybridized carbons (Fsp3) is 0.957. The molecule has 0 heterocycles. The Morgan fingerprint density at radius 1 is 0.576 bits per heavy atom. The number of rotatable bonds is 25. The van der Waals surface area contributed by atoms with Gasteiger partial charge in [-0.15, -0.1) is 0 Å². The van der Waals surface area contributed by atoms with Gasteiger partial charge in [-0.1, -0.05) is 50.3 Å². The first-order valence-electron chi connectivity index (χ1n) is 12.0. The van der Waals surface area contributed by atoms with Crippen LogP contribution in [0.25, 0.3) is 0 Å². The molecule has 0 fully saturated rings. The molecule has 0 saturated carbocycles. The van der Waals surface area contributed by atoms with Gasteiger partial charge in [-0.05, 0) is 12.8 Å². The van der Waals surface area contributed by atoms with E-state index in [0.717, 1.165) is 25.2 Å². The van der Waals surface area contributed by atoms with Crippen LogP contribution in [0.5, 0.6) is 0 Å². The highest BCUT2D eigenvalue weighted by Crippen LogP contribution is 2.18. The van der Waals surface area contributed by atoms with E-state index >= 15 is 0 Å². The number of carbonyl (C=O) groups is 1. The fourth-order valence-corrected chi connectivity index (χ4v) is 3.39. The predicted octanol–water partition coefficient (Wildman–Crippen LogP) is 5.42. The smallest absolute Gasteiger partial charge is 0.379 e. The van der Waals surface area contributed by atoms with E-state index in [4.69, 9.17) is 23.7 Å². The van der Waals surface area contributed by atoms with Crippen LogP contribution in [0.2, 0.25) is 0 Å². The normalized spacial score (nSPS) is 11.9. The molecular weight excluding hydrogens is 461 g/mol. The van der Waals surface area contributed by atoms with Crippen molar-refractivity contribution >= 4 is 16.9 Å². The summed E-state index contributed by atoms with van der Waals surface area (Å²) in [4.78, 5) is 10.8. The molecule has 0 aliphatic carbocycles. The largest absolute Gasteiger partial charge is 0.391 e. The average molecular weight is 505 g/mol. The number of hydrogen-bond donors (Lipinski definition) is 0. The standard InChI is InChI=1S/C23H43F3O6S/c1-22(27)33-21-9-7-5-3-2-4-6-8-11-28-13-15-30-17-19-32-20-18-31-16-14-29-12-10-23(24,25)26/h2-21H2,1H3. The number of halogens is 3. The number of ether oxygens (including phenoxy) is 5. The third-order valence-electron chi connectivity index (χ3n) is 4.51. The second-order valence-corrected chi connectivity index (χ2v) is 8.87. The third kappa shape index (κ3) is 31.6. The summed E-state index contributed by atoms with van der Waals surface area (Å²) in [6, 6.07) is 0. The highest BCUT2D eigenvalue weighted by Gasteiger charge is 2.26. The molecule has 0 aliphatic heterocycles. The highest BCUT2D eigenvalue weighted by atomic mass is 32.2. The van der Waals surface area contributed by atoms with Crippen LogP contribution in [-0.4, -0.2) is 83.1 Å². The number of alkyl halides is 3. The van der Waals surface area contributed by atoms with Gasteiger partial charge < -0.3 is 23.7 Å². The highest BCUT2D eigenvalue weighted by molar-refractivity contribution is 8.13. The van der Waals surface area contributed by atoms with Crippen LogP contribution in [0, 0.1) is 0 Å². The molecule has 0 unspecified atom stereocenters. The topological polar surface area (TPSA) is 63.2 Å². The van der Waals surface area contributed by atoms with Crippen molar-refractivity contribution in [3.8, 4) is 0 Å². The van der Waals surface area contributed by atoms with E-state index in [2.05, 4.69) is 0 Å².